The average Bonchev–Trinajstić information content (AvgIpc) is 3.67. The fraction of sp³-hybridized carbons (Fsp3) is 0.583. The molecule has 17 nitrogen and oxygen atoms in total. The van der Waals surface area contributed by atoms with Crippen LogP contribution < -0.4 is 32.0 Å². The van der Waals surface area contributed by atoms with Gasteiger partial charge in [-0.3, -0.25) is 38.1 Å². The van der Waals surface area contributed by atoms with E-state index in [0.29, 0.717) is 24.3 Å². The van der Waals surface area contributed by atoms with Gasteiger partial charge in [-0.25, -0.2) is 9.97 Å². The van der Waals surface area contributed by atoms with Crippen LogP contribution in [-0.2, 0) is 15.2 Å². The number of aromatic nitrogens is 8. The van der Waals surface area contributed by atoms with Gasteiger partial charge in [0.25, 0.3) is 11.1 Å². The summed E-state index contributed by atoms with van der Waals surface area (Å²) in [4.78, 5) is 46.4. The van der Waals surface area contributed by atoms with E-state index in [1.807, 2.05) is 6.92 Å². The predicted octanol–water partition coefficient (Wildman–Crippen LogP) is -0.763. The van der Waals surface area contributed by atoms with Crippen molar-refractivity contribution in [2.75, 3.05) is 37.1 Å². The second kappa shape index (κ2) is 10.3. The number of nitrogens with two attached hydrogens (primary N) is 2. The summed E-state index contributed by atoms with van der Waals surface area (Å²) >= 11 is 0. The van der Waals surface area contributed by atoms with Crippen molar-refractivity contribution in [3.05, 3.63) is 33.4 Å². The molecule has 0 saturated carbocycles. The maximum absolute atomic E-state index is 12.3. The molecule has 2 aliphatic heterocycles. The minimum Gasteiger partial charge on any atom is -0.394 e. The van der Waals surface area contributed by atoms with E-state index in [9.17, 15) is 14.7 Å². The Morgan fingerprint density at radius 3 is 2.43 bits per heavy atom. The highest BCUT2D eigenvalue weighted by Crippen LogP contribution is 2.42. The van der Waals surface area contributed by atoms with Crippen LogP contribution in [0.4, 0.5) is 11.9 Å². The largest absolute Gasteiger partial charge is 0.394 e. The zero-order valence-electron chi connectivity index (χ0n) is 23.7. The molecule has 0 bridgehead atoms. The molecule has 2 aliphatic rings. The lowest BCUT2D eigenvalue weighted by Crippen LogP contribution is -2.45. The smallest absolute Gasteiger partial charge is 0.280 e. The molecule has 4 aromatic rings. The first kappa shape index (κ1) is 28.6. The Kier molecular flexibility index (Phi) is 7.02. The molecular formula is C24H36N12O5S. The number of nitrogens with one attached hydrogen (secondary N) is 4. The van der Waals surface area contributed by atoms with Crippen LogP contribution >= 0.6 is 10.4 Å². The minimum atomic E-state index is -1.59. The van der Waals surface area contributed by atoms with Gasteiger partial charge in [-0.15, -0.1) is 10.4 Å². The van der Waals surface area contributed by atoms with Crippen molar-refractivity contribution in [2.24, 2.45) is 5.92 Å². The number of hydrogen-bond acceptors (Lipinski definition) is 13. The highest BCUT2D eigenvalue weighted by Gasteiger charge is 2.46. The number of aromatic amines is 2. The molecule has 0 amide bonds. The number of nitrogens with zero attached hydrogens (tertiary/aromatic N) is 6. The second-order valence-corrected chi connectivity index (χ2v) is 14.7. The quantitative estimate of drug-likeness (QED) is 0.131. The maximum atomic E-state index is 12.3. The lowest BCUT2D eigenvalue weighted by molar-refractivity contribution is -0.0967. The van der Waals surface area contributed by atoms with E-state index in [-0.39, 0.29) is 59.4 Å². The fourth-order valence-corrected chi connectivity index (χ4v) is 7.52. The Balaban J connectivity index is 1.13. The van der Waals surface area contributed by atoms with Gasteiger partial charge in [0.15, 0.2) is 22.3 Å². The number of hydrogen-bond donors (Lipinski definition) is 7. The average molecular weight is 605 g/mol. The van der Waals surface area contributed by atoms with Crippen LogP contribution in [0.15, 0.2) is 22.2 Å². The Labute approximate surface area is 241 Å². The zero-order chi connectivity index (χ0) is 30.0. The van der Waals surface area contributed by atoms with Gasteiger partial charge < -0.3 is 26.0 Å². The first-order valence-electron chi connectivity index (χ1n) is 13.5. The molecule has 2 fully saturated rings. The molecule has 4 aromatic heterocycles. The summed E-state index contributed by atoms with van der Waals surface area (Å²) in [5.74, 6) is 0.230. The number of imidazole rings is 2. The Morgan fingerprint density at radius 2 is 1.74 bits per heavy atom. The molecule has 0 aliphatic carbocycles. The van der Waals surface area contributed by atoms with E-state index in [1.165, 1.54) is 6.33 Å². The number of H-pyrrole nitrogens is 2. The van der Waals surface area contributed by atoms with Gasteiger partial charge in [0.1, 0.15) is 12.0 Å². The molecule has 0 aromatic carbocycles. The SMILES string of the molecule is C[C@H]1C[C@H](n2cnc3c(=O)[nH]c(N)nc32)O[C@@H]1CNS(C)(C)N[C@H]1C[C@](C)(n2cnc3c(=O)[nH]c(N)nc32)O[C@@H]1CO. The van der Waals surface area contributed by atoms with Crippen molar-refractivity contribution in [1.82, 2.24) is 48.5 Å². The maximum Gasteiger partial charge on any atom is 0.280 e. The number of aliphatic hydroxyl groups excluding tert-OH is 1. The fourth-order valence-electron chi connectivity index (χ4n) is 5.86. The second-order valence-electron chi connectivity index (χ2n) is 11.5. The summed E-state index contributed by atoms with van der Waals surface area (Å²) in [6, 6.07) is -0.212. The Morgan fingerprint density at radius 1 is 1.10 bits per heavy atom. The van der Waals surface area contributed by atoms with Crippen molar-refractivity contribution >= 4 is 44.6 Å². The van der Waals surface area contributed by atoms with Crippen molar-refractivity contribution in [3.63, 3.8) is 0 Å². The van der Waals surface area contributed by atoms with Crippen LogP contribution in [0.3, 0.4) is 0 Å². The van der Waals surface area contributed by atoms with Crippen LogP contribution in [-0.4, -0.2) is 88.1 Å². The monoisotopic (exact) mass is 604 g/mol. The first-order chi connectivity index (χ1) is 19.9. The molecule has 228 valence electrons. The summed E-state index contributed by atoms with van der Waals surface area (Å²) in [6.45, 7) is 4.37. The molecule has 0 radical (unpaired) electrons. The lowest BCUT2D eigenvalue weighted by Gasteiger charge is -2.38. The summed E-state index contributed by atoms with van der Waals surface area (Å²) in [5, 5.41) is 10.2. The molecule has 18 heteroatoms. The summed E-state index contributed by atoms with van der Waals surface area (Å²) < 4.78 is 23.5. The molecule has 0 spiro atoms. The van der Waals surface area contributed by atoms with Gasteiger partial charge in [0, 0.05) is 19.0 Å². The first-order valence-corrected chi connectivity index (χ1v) is 16.0. The highest BCUT2D eigenvalue weighted by molar-refractivity contribution is 8.29. The van der Waals surface area contributed by atoms with E-state index in [4.69, 9.17) is 20.9 Å². The third-order valence-corrected chi connectivity index (χ3v) is 9.74. The number of ether oxygens (including phenoxy) is 2. The Bertz CT molecular complexity index is 1750. The Hall–Kier alpha value is -3.55. The summed E-state index contributed by atoms with van der Waals surface area (Å²) in [6.07, 6.45) is 7.50. The van der Waals surface area contributed by atoms with E-state index in [2.05, 4.69) is 58.8 Å². The van der Waals surface area contributed by atoms with Crippen molar-refractivity contribution in [2.45, 2.75) is 56.9 Å². The van der Waals surface area contributed by atoms with Gasteiger partial charge in [-0.2, -0.15) is 9.97 Å². The summed E-state index contributed by atoms with van der Waals surface area (Å²) in [7, 11) is -1.59. The number of aliphatic hydroxyl groups is 1. The van der Waals surface area contributed by atoms with Crippen LogP contribution in [0.5, 0.6) is 0 Å². The van der Waals surface area contributed by atoms with Gasteiger partial charge in [-0.1, -0.05) is 6.92 Å². The topological polar surface area (TPSA) is 242 Å². The molecular weight excluding hydrogens is 568 g/mol. The van der Waals surface area contributed by atoms with Gasteiger partial charge in [0.2, 0.25) is 11.9 Å². The van der Waals surface area contributed by atoms with Crippen molar-refractivity contribution in [1.29, 1.82) is 0 Å². The van der Waals surface area contributed by atoms with Crippen molar-refractivity contribution < 1.29 is 14.6 Å². The number of anilines is 2. The highest BCUT2D eigenvalue weighted by atomic mass is 32.3. The van der Waals surface area contributed by atoms with Crippen LogP contribution in [0, 0.1) is 5.92 Å². The standard InChI is InChI=1S/C24H36N12O5S/c1-11-5-15(35-9-27-16-18(35)30-22(25)32-20(16)38)40-13(11)7-29-42(3,4)34-12-6-24(2,41-14(12)8-37)36-10-28-17-19(36)31-23(26)33-21(17)39/h9-15,29,34,37H,5-8H2,1-4H3,(H3,25,30,32,38)(H3,26,31,33,39)/t11-,12-,13+,14+,15+,24+/m0/s1. The lowest BCUT2D eigenvalue weighted by atomic mass is 10.0. The summed E-state index contributed by atoms with van der Waals surface area (Å²) in [5.41, 5.74) is 10.9. The normalized spacial score (nSPS) is 28.7. The third-order valence-electron chi connectivity index (χ3n) is 7.96. The molecule has 6 heterocycles. The predicted molar refractivity (Wildman–Crippen MR) is 157 cm³/mol. The number of rotatable bonds is 8. The molecule has 6 rings (SSSR count). The minimum absolute atomic E-state index is 0.0140. The molecule has 42 heavy (non-hydrogen) atoms. The molecule has 6 atom stereocenters. The zero-order valence-corrected chi connectivity index (χ0v) is 24.5. The van der Waals surface area contributed by atoms with E-state index >= 15 is 0 Å². The van der Waals surface area contributed by atoms with E-state index < -0.39 is 27.8 Å². The van der Waals surface area contributed by atoms with E-state index in [0.717, 1.165) is 6.42 Å². The molecule has 9 N–H and O–H groups in total. The van der Waals surface area contributed by atoms with E-state index in [1.54, 1.807) is 15.5 Å². The van der Waals surface area contributed by atoms with Crippen LogP contribution in [0.25, 0.3) is 22.3 Å². The van der Waals surface area contributed by atoms with Gasteiger partial charge in [0.05, 0.1) is 31.5 Å². The number of nitrogen functional groups attached to an aromatic ring is 2. The van der Waals surface area contributed by atoms with Crippen molar-refractivity contribution in [3.8, 4) is 0 Å². The van der Waals surface area contributed by atoms with Gasteiger partial charge >= 0.3 is 0 Å². The number of fused-ring (bicyclic) bond motifs is 2. The molecule has 0 unspecified atom stereocenters. The molecule has 2 saturated heterocycles. The third kappa shape index (κ3) is 5.03. The van der Waals surface area contributed by atoms with Gasteiger partial charge in [-0.05, 0) is 31.8 Å². The van der Waals surface area contributed by atoms with Crippen LogP contribution in [0.1, 0.15) is 32.9 Å². The van der Waals surface area contributed by atoms with Crippen LogP contribution in [0.2, 0.25) is 0 Å².